The average Bonchev–Trinajstić information content (AvgIpc) is 3.08. The average molecular weight is 255 g/mol. The van der Waals surface area contributed by atoms with E-state index in [0.29, 0.717) is 12.4 Å². The number of rotatable bonds is 4. The van der Waals surface area contributed by atoms with E-state index in [0.717, 1.165) is 22.8 Å². The van der Waals surface area contributed by atoms with Gasteiger partial charge in [-0.05, 0) is 37.3 Å². The van der Waals surface area contributed by atoms with Crippen molar-refractivity contribution in [3.05, 3.63) is 54.3 Å². The quantitative estimate of drug-likeness (QED) is 0.775. The predicted octanol–water partition coefficient (Wildman–Crippen LogP) is 3.25. The van der Waals surface area contributed by atoms with Gasteiger partial charge in [-0.15, -0.1) is 10.2 Å². The van der Waals surface area contributed by atoms with E-state index in [4.69, 9.17) is 8.83 Å². The molecule has 0 spiro atoms. The van der Waals surface area contributed by atoms with E-state index in [1.165, 1.54) is 6.39 Å². The molecule has 2 heterocycles. The summed E-state index contributed by atoms with van der Waals surface area (Å²) < 4.78 is 10.7. The minimum absolute atomic E-state index is 0.512. The van der Waals surface area contributed by atoms with Crippen molar-refractivity contribution in [2.45, 2.75) is 13.5 Å². The van der Waals surface area contributed by atoms with Crippen molar-refractivity contribution in [3.63, 3.8) is 0 Å². The first-order chi connectivity index (χ1) is 9.31. The summed E-state index contributed by atoms with van der Waals surface area (Å²) in [5.74, 6) is 2.33. The second-order valence-corrected chi connectivity index (χ2v) is 4.19. The van der Waals surface area contributed by atoms with Crippen molar-refractivity contribution in [3.8, 4) is 11.5 Å². The molecule has 1 aromatic carbocycles. The van der Waals surface area contributed by atoms with Crippen LogP contribution in [0.15, 0.2) is 51.6 Å². The Morgan fingerprint density at radius 3 is 2.89 bits per heavy atom. The minimum atomic E-state index is 0.512. The molecule has 96 valence electrons. The van der Waals surface area contributed by atoms with Crippen LogP contribution in [0.25, 0.3) is 11.5 Å². The van der Waals surface area contributed by atoms with Crippen LogP contribution in [0.3, 0.4) is 0 Å². The first-order valence-corrected chi connectivity index (χ1v) is 5.97. The Balaban J connectivity index is 1.73. The molecule has 0 saturated heterocycles. The van der Waals surface area contributed by atoms with Crippen LogP contribution in [0, 0.1) is 6.92 Å². The lowest BCUT2D eigenvalue weighted by molar-refractivity contribution is 0.490. The van der Waals surface area contributed by atoms with E-state index in [1.54, 1.807) is 0 Å². The predicted molar refractivity (Wildman–Crippen MR) is 70.5 cm³/mol. The van der Waals surface area contributed by atoms with Crippen molar-refractivity contribution >= 4 is 5.69 Å². The molecule has 3 rings (SSSR count). The summed E-state index contributed by atoms with van der Waals surface area (Å²) in [7, 11) is 0. The molecule has 0 aliphatic carbocycles. The highest BCUT2D eigenvalue weighted by atomic mass is 16.4. The van der Waals surface area contributed by atoms with Gasteiger partial charge in [0.05, 0.1) is 6.54 Å². The zero-order valence-corrected chi connectivity index (χ0v) is 10.5. The van der Waals surface area contributed by atoms with Crippen molar-refractivity contribution in [1.29, 1.82) is 0 Å². The molecule has 3 aromatic rings. The molecule has 19 heavy (non-hydrogen) atoms. The maximum Gasteiger partial charge on any atom is 0.247 e. The largest absolute Gasteiger partial charge is 0.465 e. The number of anilines is 1. The number of nitrogens with one attached hydrogen (secondary N) is 1. The summed E-state index contributed by atoms with van der Waals surface area (Å²) in [5.41, 5.74) is 1.86. The Labute approximate surface area is 110 Å². The van der Waals surface area contributed by atoms with E-state index in [2.05, 4.69) is 15.5 Å². The molecule has 0 bridgehead atoms. The lowest BCUT2D eigenvalue weighted by Crippen LogP contribution is -1.98. The Morgan fingerprint density at radius 2 is 2.16 bits per heavy atom. The first-order valence-electron chi connectivity index (χ1n) is 5.97. The zero-order valence-electron chi connectivity index (χ0n) is 10.5. The van der Waals surface area contributed by atoms with Gasteiger partial charge in [0.25, 0.3) is 0 Å². The topological polar surface area (TPSA) is 64.1 Å². The van der Waals surface area contributed by atoms with Crippen LogP contribution in [0.1, 0.15) is 11.5 Å². The third-order valence-electron chi connectivity index (χ3n) is 2.73. The SMILES string of the molecule is Cc1ccc(CNc2cccc(-c3nnco3)c2)o1. The lowest BCUT2D eigenvalue weighted by Gasteiger charge is -2.05. The molecule has 5 heteroatoms. The molecular formula is C14H13N3O2. The van der Waals surface area contributed by atoms with Gasteiger partial charge in [-0.1, -0.05) is 6.07 Å². The summed E-state index contributed by atoms with van der Waals surface area (Å²) in [6, 6.07) is 11.7. The van der Waals surface area contributed by atoms with Crippen LogP contribution in [0.2, 0.25) is 0 Å². The smallest absolute Gasteiger partial charge is 0.247 e. The van der Waals surface area contributed by atoms with E-state index in [9.17, 15) is 0 Å². The van der Waals surface area contributed by atoms with Crippen LogP contribution in [0.4, 0.5) is 5.69 Å². The fourth-order valence-corrected chi connectivity index (χ4v) is 1.83. The van der Waals surface area contributed by atoms with Crippen molar-refractivity contribution in [1.82, 2.24) is 10.2 Å². The highest BCUT2D eigenvalue weighted by Gasteiger charge is 2.04. The number of nitrogens with zero attached hydrogens (tertiary/aromatic N) is 2. The van der Waals surface area contributed by atoms with Gasteiger partial charge in [-0.2, -0.15) is 0 Å². The summed E-state index contributed by atoms with van der Waals surface area (Å²) in [4.78, 5) is 0. The highest BCUT2D eigenvalue weighted by Crippen LogP contribution is 2.20. The number of benzene rings is 1. The van der Waals surface area contributed by atoms with E-state index < -0.39 is 0 Å². The van der Waals surface area contributed by atoms with E-state index in [-0.39, 0.29) is 0 Å². The normalized spacial score (nSPS) is 10.6. The van der Waals surface area contributed by atoms with Gasteiger partial charge in [0.15, 0.2) is 0 Å². The van der Waals surface area contributed by atoms with Crippen LogP contribution >= 0.6 is 0 Å². The van der Waals surface area contributed by atoms with Gasteiger partial charge in [0, 0.05) is 11.3 Å². The van der Waals surface area contributed by atoms with Crippen LogP contribution < -0.4 is 5.32 Å². The molecule has 5 nitrogen and oxygen atoms in total. The molecule has 1 N–H and O–H groups in total. The van der Waals surface area contributed by atoms with Crippen LogP contribution in [0.5, 0.6) is 0 Å². The Kier molecular flexibility index (Phi) is 3.02. The molecule has 0 atom stereocenters. The second kappa shape index (κ2) is 4.97. The number of aromatic nitrogens is 2. The number of furan rings is 1. The molecular weight excluding hydrogens is 242 g/mol. The summed E-state index contributed by atoms with van der Waals surface area (Å²) in [6.45, 7) is 2.57. The second-order valence-electron chi connectivity index (χ2n) is 4.19. The third kappa shape index (κ3) is 2.65. The van der Waals surface area contributed by atoms with Gasteiger partial charge in [-0.25, -0.2) is 0 Å². The van der Waals surface area contributed by atoms with Gasteiger partial charge in [0.2, 0.25) is 12.3 Å². The number of hydrogen-bond acceptors (Lipinski definition) is 5. The number of aryl methyl sites for hydroxylation is 1. The van der Waals surface area contributed by atoms with Crippen molar-refractivity contribution in [2.75, 3.05) is 5.32 Å². The molecule has 0 radical (unpaired) electrons. The van der Waals surface area contributed by atoms with Crippen LogP contribution in [-0.4, -0.2) is 10.2 Å². The van der Waals surface area contributed by atoms with Crippen molar-refractivity contribution in [2.24, 2.45) is 0 Å². The molecule has 0 unspecified atom stereocenters. The van der Waals surface area contributed by atoms with E-state index in [1.807, 2.05) is 43.3 Å². The van der Waals surface area contributed by atoms with Gasteiger partial charge < -0.3 is 14.2 Å². The highest BCUT2D eigenvalue weighted by molar-refractivity contribution is 5.60. The molecule has 2 aromatic heterocycles. The van der Waals surface area contributed by atoms with Gasteiger partial charge in [-0.3, -0.25) is 0 Å². The van der Waals surface area contributed by atoms with Gasteiger partial charge in [0.1, 0.15) is 11.5 Å². The molecule has 0 aliphatic heterocycles. The maximum atomic E-state index is 5.50. The summed E-state index contributed by atoms with van der Waals surface area (Å²) in [6.07, 6.45) is 1.32. The fourth-order valence-electron chi connectivity index (χ4n) is 1.83. The van der Waals surface area contributed by atoms with E-state index >= 15 is 0 Å². The Morgan fingerprint density at radius 1 is 1.21 bits per heavy atom. The lowest BCUT2D eigenvalue weighted by atomic mass is 10.2. The van der Waals surface area contributed by atoms with Gasteiger partial charge >= 0.3 is 0 Å². The molecule has 0 saturated carbocycles. The summed E-state index contributed by atoms with van der Waals surface area (Å²) in [5, 5.41) is 10.9. The molecule has 0 fully saturated rings. The first kappa shape index (κ1) is 11.5. The number of hydrogen-bond donors (Lipinski definition) is 1. The zero-order chi connectivity index (χ0) is 13.1. The van der Waals surface area contributed by atoms with Crippen molar-refractivity contribution < 1.29 is 8.83 Å². The molecule has 0 amide bonds. The monoisotopic (exact) mass is 255 g/mol. The standard InChI is InChI=1S/C14H13N3O2/c1-10-5-6-13(19-10)8-15-12-4-2-3-11(7-12)14-17-16-9-18-14/h2-7,9,15H,8H2,1H3. The Hall–Kier alpha value is -2.56. The third-order valence-corrected chi connectivity index (χ3v) is 2.73. The summed E-state index contributed by atoms with van der Waals surface area (Å²) >= 11 is 0. The molecule has 0 aliphatic rings. The minimum Gasteiger partial charge on any atom is -0.465 e. The fraction of sp³-hybridized carbons (Fsp3) is 0.143. The van der Waals surface area contributed by atoms with Crippen LogP contribution in [-0.2, 0) is 6.54 Å². The Bertz CT molecular complexity index is 659. The maximum absolute atomic E-state index is 5.50.